The molecule has 1 fully saturated rings. The van der Waals surface area contributed by atoms with Gasteiger partial charge in [-0.05, 0) is 11.4 Å². The maximum Gasteiger partial charge on any atom is 0.252 e. The van der Waals surface area contributed by atoms with Crippen LogP contribution in [0, 0.1) is 0 Å². The molecule has 8 heteroatoms. The maximum absolute atomic E-state index is 12.3. The third-order valence-corrected chi connectivity index (χ3v) is 6.55. The normalized spacial score (nSPS) is 18.1. The summed E-state index contributed by atoms with van der Waals surface area (Å²) in [6.45, 7) is 2.39. The van der Waals surface area contributed by atoms with Crippen molar-refractivity contribution in [2.24, 2.45) is 0 Å². The predicted molar refractivity (Wildman–Crippen MR) is 78.2 cm³/mol. The number of piperazine rings is 1. The lowest BCUT2D eigenvalue weighted by atomic mass is 10.3. The van der Waals surface area contributed by atoms with Crippen LogP contribution in [-0.2, 0) is 14.8 Å². The number of likely N-dealkylation sites (N-methyl/N-ethyl adjacent to an activating group) is 1. The molecule has 0 bridgehead atoms. The predicted octanol–water partition coefficient (Wildman–Crippen LogP) is 0.143. The van der Waals surface area contributed by atoms with Crippen LogP contribution in [0.3, 0.4) is 0 Å². The van der Waals surface area contributed by atoms with Crippen LogP contribution in [-0.4, -0.2) is 75.2 Å². The first-order valence-electron chi connectivity index (χ1n) is 6.37. The number of sulfonamides is 1. The molecule has 6 nitrogen and oxygen atoms in total. The van der Waals surface area contributed by atoms with Gasteiger partial charge in [-0.1, -0.05) is 6.07 Å². The Morgan fingerprint density at radius 3 is 2.45 bits per heavy atom. The SMILES string of the molecule is CN(C)C(=O)CN1CCN(S(=O)(=O)c2cccs2)CC1. The number of hydrogen-bond acceptors (Lipinski definition) is 5. The summed E-state index contributed by atoms with van der Waals surface area (Å²) in [5, 5.41) is 1.76. The van der Waals surface area contributed by atoms with E-state index in [2.05, 4.69) is 0 Å². The standard InChI is InChI=1S/C12H19N3O3S2/c1-13(2)11(16)10-14-5-7-15(8-6-14)20(17,18)12-4-3-9-19-12/h3-4,9H,5-8,10H2,1-2H3. The van der Waals surface area contributed by atoms with Crippen molar-refractivity contribution in [2.75, 3.05) is 46.8 Å². The maximum atomic E-state index is 12.3. The van der Waals surface area contributed by atoms with Crippen LogP contribution in [0.1, 0.15) is 0 Å². The zero-order valence-electron chi connectivity index (χ0n) is 11.7. The molecule has 1 aliphatic heterocycles. The molecule has 0 radical (unpaired) electrons. The van der Waals surface area contributed by atoms with Gasteiger partial charge in [0.25, 0.3) is 10.0 Å². The summed E-state index contributed by atoms with van der Waals surface area (Å²) >= 11 is 1.23. The van der Waals surface area contributed by atoms with Gasteiger partial charge >= 0.3 is 0 Å². The Morgan fingerprint density at radius 1 is 1.30 bits per heavy atom. The minimum Gasteiger partial charge on any atom is -0.348 e. The lowest BCUT2D eigenvalue weighted by Crippen LogP contribution is -2.50. The van der Waals surface area contributed by atoms with Gasteiger partial charge in [0, 0.05) is 40.3 Å². The molecule has 0 unspecified atom stereocenters. The number of nitrogens with zero attached hydrogens (tertiary/aromatic N) is 3. The summed E-state index contributed by atoms with van der Waals surface area (Å²) in [6.07, 6.45) is 0. The molecule has 2 heterocycles. The average Bonchev–Trinajstić information content (AvgIpc) is 2.93. The topological polar surface area (TPSA) is 60.9 Å². The molecule has 1 aliphatic rings. The molecule has 1 amide bonds. The third-order valence-electron chi connectivity index (χ3n) is 3.28. The van der Waals surface area contributed by atoms with Crippen LogP contribution < -0.4 is 0 Å². The van der Waals surface area contributed by atoms with E-state index in [1.165, 1.54) is 15.6 Å². The van der Waals surface area contributed by atoms with Crippen LogP contribution in [0.5, 0.6) is 0 Å². The summed E-state index contributed by atoms with van der Waals surface area (Å²) in [4.78, 5) is 15.2. The molecule has 2 rings (SSSR count). The second kappa shape index (κ2) is 6.21. The van der Waals surface area contributed by atoms with Crippen LogP contribution in [0.4, 0.5) is 0 Å². The second-order valence-corrected chi connectivity index (χ2v) is 8.01. The minimum atomic E-state index is -3.36. The third kappa shape index (κ3) is 3.38. The monoisotopic (exact) mass is 317 g/mol. The summed E-state index contributed by atoms with van der Waals surface area (Å²) < 4.78 is 26.5. The van der Waals surface area contributed by atoms with Crippen LogP contribution >= 0.6 is 11.3 Å². The molecule has 0 atom stereocenters. The van der Waals surface area contributed by atoms with Crippen molar-refractivity contribution in [3.05, 3.63) is 17.5 Å². The molecule has 0 aromatic carbocycles. The number of rotatable bonds is 4. The number of hydrogen-bond donors (Lipinski definition) is 0. The highest BCUT2D eigenvalue weighted by Crippen LogP contribution is 2.21. The average molecular weight is 317 g/mol. The van der Waals surface area contributed by atoms with E-state index in [4.69, 9.17) is 0 Å². The van der Waals surface area contributed by atoms with Crippen molar-refractivity contribution >= 4 is 27.3 Å². The van der Waals surface area contributed by atoms with Gasteiger partial charge in [-0.15, -0.1) is 11.3 Å². The molecule has 0 aliphatic carbocycles. The van der Waals surface area contributed by atoms with E-state index in [0.717, 1.165) is 0 Å². The van der Waals surface area contributed by atoms with Gasteiger partial charge in [-0.25, -0.2) is 8.42 Å². The van der Waals surface area contributed by atoms with E-state index in [9.17, 15) is 13.2 Å². The summed E-state index contributed by atoms with van der Waals surface area (Å²) in [7, 11) is 0.0870. The Hall–Kier alpha value is -0.960. The first kappa shape index (κ1) is 15.4. The van der Waals surface area contributed by atoms with Gasteiger partial charge in [0.05, 0.1) is 6.54 Å². The number of amides is 1. The zero-order chi connectivity index (χ0) is 14.8. The highest BCUT2D eigenvalue weighted by molar-refractivity contribution is 7.91. The fourth-order valence-electron chi connectivity index (χ4n) is 2.00. The molecule has 0 saturated carbocycles. The molecule has 1 aromatic heterocycles. The van der Waals surface area contributed by atoms with Crippen LogP contribution in [0.15, 0.2) is 21.7 Å². The fourth-order valence-corrected chi connectivity index (χ4v) is 4.56. The fraction of sp³-hybridized carbons (Fsp3) is 0.583. The number of carbonyl (C=O) groups is 1. The van der Waals surface area contributed by atoms with E-state index in [1.807, 2.05) is 4.90 Å². The Kier molecular flexibility index (Phi) is 4.79. The Labute approximate surface area is 123 Å². The lowest BCUT2D eigenvalue weighted by Gasteiger charge is -2.33. The summed E-state index contributed by atoms with van der Waals surface area (Å²) in [5.41, 5.74) is 0. The van der Waals surface area contributed by atoms with E-state index < -0.39 is 10.0 Å². The smallest absolute Gasteiger partial charge is 0.252 e. The highest BCUT2D eigenvalue weighted by atomic mass is 32.2. The molecule has 0 N–H and O–H groups in total. The Bertz CT molecular complexity index is 547. The summed E-state index contributed by atoms with van der Waals surface area (Å²) in [6, 6.07) is 3.37. The first-order valence-corrected chi connectivity index (χ1v) is 8.69. The van der Waals surface area contributed by atoms with Crippen molar-refractivity contribution in [1.82, 2.24) is 14.1 Å². The molecule has 1 aromatic rings. The lowest BCUT2D eigenvalue weighted by molar-refractivity contribution is -0.130. The molecule has 112 valence electrons. The Morgan fingerprint density at radius 2 is 1.95 bits per heavy atom. The molecule has 1 saturated heterocycles. The van der Waals surface area contributed by atoms with Crippen molar-refractivity contribution < 1.29 is 13.2 Å². The molecule has 20 heavy (non-hydrogen) atoms. The molecular formula is C12H19N3O3S2. The number of thiophene rings is 1. The highest BCUT2D eigenvalue weighted by Gasteiger charge is 2.29. The zero-order valence-corrected chi connectivity index (χ0v) is 13.3. The van der Waals surface area contributed by atoms with E-state index in [1.54, 1.807) is 36.5 Å². The van der Waals surface area contributed by atoms with Crippen LogP contribution in [0.2, 0.25) is 0 Å². The second-order valence-electron chi connectivity index (χ2n) is 4.90. The van der Waals surface area contributed by atoms with Gasteiger partial charge in [-0.2, -0.15) is 4.31 Å². The van der Waals surface area contributed by atoms with Gasteiger partial charge in [-0.3, -0.25) is 9.69 Å². The minimum absolute atomic E-state index is 0.0413. The van der Waals surface area contributed by atoms with E-state index in [0.29, 0.717) is 36.9 Å². The van der Waals surface area contributed by atoms with Gasteiger partial charge in [0.15, 0.2) is 0 Å². The van der Waals surface area contributed by atoms with Gasteiger partial charge in [0.2, 0.25) is 5.91 Å². The van der Waals surface area contributed by atoms with E-state index >= 15 is 0 Å². The van der Waals surface area contributed by atoms with E-state index in [-0.39, 0.29) is 5.91 Å². The summed E-state index contributed by atoms with van der Waals surface area (Å²) in [5.74, 6) is 0.0413. The van der Waals surface area contributed by atoms with Gasteiger partial charge < -0.3 is 4.90 Å². The molecular weight excluding hydrogens is 298 g/mol. The van der Waals surface area contributed by atoms with Gasteiger partial charge in [0.1, 0.15) is 4.21 Å². The molecule has 0 spiro atoms. The van der Waals surface area contributed by atoms with Crippen molar-refractivity contribution in [3.63, 3.8) is 0 Å². The Balaban J connectivity index is 1.93. The quantitative estimate of drug-likeness (QED) is 0.793. The van der Waals surface area contributed by atoms with Crippen LogP contribution in [0.25, 0.3) is 0 Å². The first-order chi connectivity index (χ1) is 9.41. The largest absolute Gasteiger partial charge is 0.348 e. The number of carbonyl (C=O) groups excluding carboxylic acids is 1. The van der Waals surface area contributed by atoms with Crippen molar-refractivity contribution in [3.8, 4) is 0 Å². The van der Waals surface area contributed by atoms with Crippen molar-refractivity contribution in [1.29, 1.82) is 0 Å². The van der Waals surface area contributed by atoms with Crippen molar-refractivity contribution in [2.45, 2.75) is 4.21 Å².